The van der Waals surface area contributed by atoms with Crippen molar-refractivity contribution in [1.29, 1.82) is 0 Å². The third-order valence-corrected chi connectivity index (χ3v) is 9.66. The van der Waals surface area contributed by atoms with Crippen molar-refractivity contribution < 1.29 is 9.16 Å². The van der Waals surface area contributed by atoms with Crippen molar-refractivity contribution >= 4 is 47.7 Å². The average molecular weight is 619 g/mol. The second-order valence-electron chi connectivity index (χ2n) is 10.3. The molecule has 0 amide bonds. The van der Waals surface area contributed by atoms with Crippen LogP contribution >= 0.6 is 22.6 Å². The number of hydrogen-bond donors (Lipinski definition) is 0. The van der Waals surface area contributed by atoms with Crippen LogP contribution in [0.3, 0.4) is 0 Å². The van der Waals surface area contributed by atoms with E-state index in [-0.39, 0.29) is 11.5 Å². The molecule has 0 aliphatic rings. The topological polar surface area (TPSA) is 35.8 Å². The van der Waals surface area contributed by atoms with Gasteiger partial charge in [-0.25, -0.2) is 4.98 Å². The lowest BCUT2D eigenvalue weighted by molar-refractivity contribution is 0.0435. The van der Waals surface area contributed by atoms with Gasteiger partial charge in [-0.3, -0.25) is 0 Å². The molecule has 1 atom stereocenters. The number of fused-ring (bicyclic) bond motifs is 1. The van der Waals surface area contributed by atoms with Crippen molar-refractivity contribution in [3.05, 3.63) is 113 Å². The van der Waals surface area contributed by atoms with Gasteiger partial charge >= 0.3 is 0 Å². The van der Waals surface area contributed by atoms with Gasteiger partial charge in [-0.05, 0) is 74.8 Å². The largest absolute Gasteiger partial charge is 0.491 e. The van der Waals surface area contributed by atoms with E-state index in [0.29, 0.717) is 6.61 Å². The number of nitrogens with zero attached hydrogens (tertiary/aromatic N) is 2. The molecule has 0 bridgehead atoms. The molecular weight excluding hydrogens is 587 g/mol. The maximum absolute atomic E-state index is 6.95. The van der Waals surface area contributed by atoms with Gasteiger partial charge in [0.05, 0.1) is 11.8 Å². The van der Waals surface area contributed by atoms with Crippen LogP contribution in [0.4, 0.5) is 0 Å². The van der Waals surface area contributed by atoms with Crippen LogP contribution in [-0.4, -0.2) is 31.1 Å². The summed E-state index contributed by atoms with van der Waals surface area (Å²) in [6.45, 7) is 7.14. The normalized spacial score (nSPS) is 12.7. The molecule has 37 heavy (non-hydrogen) atoms. The highest BCUT2D eigenvalue weighted by atomic mass is 127. The summed E-state index contributed by atoms with van der Waals surface area (Å²) in [4.78, 5) is 4.75. The second kappa shape index (κ2) is 11.2. The molecule has 3 aromatic carbocycles. The molecule has 0 aliphatic carbocycles. The second-order valence-corrected chi connectivity index (χ2v) is 13.9. The van der Waals surface area contributed by atoms with E-state index in [0.717, 1.165) is 22.7 Å². The highest BCUT2D eigenvalue weighted by Gasteiger charge is 2.31. The first-order valence-electron chi connectivity index (χ1n) is 12.5. The van der Waals surface area contributed by atoms with Crippen LogP contribution in [0.2, 0.25) is 0 Å². The number of benzene rings is 3. The van der Waals surface area contributed by atoms with Crippen molar-refractivity contribution in [2.45, 2.75) is 26.9 Å². The van der Waals surface area contributed by atoms with E-state index >= 15 is 0 Å². The lowest BCUT2D eigenvalue weighted by atomic mass is 9.90. The molecule has 0 saturated carbocycles. The summed E-state index contributed by atoms with van der Waals surface area (Å²) in [5, 5.41) is 2.55. The minimum atomic E-state index is -1.89. The molecule has 188 valence electrons. The SMILES string of the molecule is CC(C)(C)C(COc1ccc(-c2cn3cc(I)ccc3n2)cc1)O[SiH](c1ccccc1)c1ccccc1. The average Bonchev–Trinajstić information content (AvgIpc) is 3.32. The van der Waals surface area contributed by atoms with E-state index in [1.165, 1.54) is 13.9 Å². The van der Waals surface area contributed by atoms with Gasteiger partial charge < -0.3 is 13.6 Å². The fraction of sp³-hybridized carbons (Fsp3) is 0.194. The minimum Gasteiger partial charge on any atom is -0.491 e. The Labute approximate surface area is 234 Å². The van der Waals surface area contributed by atoms with E-state index < -0.39 is 9.04 Å². The summed E-state index contributed by atoms with van der Waals surface area (Å²) in [5.74, 6) is 0.831. The number of pyridine rings is 1. The maximum atomic E-state index is 6.95. The van der Waals surface area contributed by atoms with Gasteiger partial charge in [-0.1, -0.05) is 81.4 Å². The Morgan fingerprint density at radius 2 is 1.43 bits per heavy atom. The lowest BCUT2D eigenvalue weighted by Crippen LogP contribution is -2.51. The fourth-order valence-corrected chi connectivity index (χ4v) is 7.40. The maximum Gasteiger partial charge on any atom is 0.240 e. The van der Waals surface area contributed by atoms with Crippen molar-refractivity contribution in [2.24, 2.45) is 5.41 Å². The molecule has 1 unspecified atom stereocenters. The Bertz CT molecular complexity index is 1410. The van der Waals surface area contributed by atoms with Crippen molar-refractivity contribution in [3.63, 3.8) is 0 Å². The molecular formula is C31H31IN2O2Si. The van der Waals surface area contributed by atoms with Crippen LogP contribution < -0.4 is 15.1 Å². The third kappa shape index (κ3) is 6.31. The summed E-state index contributed by atoms with van der Waals surface area (Å²) in [7, 11) is -1.89. The van der Waals surface area contributed by atoms with Crippen LogP contribution in [0.25, 0.3) is 16.9 Å². The van der Waals surface area contributed by atoms with Crippen LogP contribution in [0.1, 0.15) is 20.8 Å². The van der Waals surface area contributed by atoms with Crippen molar-refractivity contribution in [3.8, 4) is 17.0 Å². The molecule has 0 spiro atoms. The predicted octanol–water partition coefficient (Wildman–Crippen LogP) is 5.95. The van der Waals surface area contributed by atoms with Gasteiger partial charge in [0.15, 0.2) is 0 Å². The first kappa shape index (κ1) is 25.7. The van der Waals surface area contributed by atoms with Gasteiger partial charge in [-0.2, -0.15) is 0 Å². The Kier molecular flexibility index (Phi) is 7.78. The number of rotatable bonds is 8. The number of halogens is 1. The molecule has 5 rings (SSSR count). The fourth-order valence-electron chi connectivity index (χ4n) is 4.26. The monoisotopic (exact) mass is 618 g/mol. The number of aromatic nitrogens is 2. The molecule has 2 heterocycles. The van der Waals surface area contributed by atoms with Crippen LogP contribution in [-0.2, 0) is 4.43 Å². The van der Waals surface area contributed by atoms with E-state index in [1.807, 2.05) is 18.2 Å². The molecule has 0 radical (unpaired) electrons. The van der Waals surface area contributed by atoms with Gasteiger partial charge in [0.25, 0.3) is 0 Å². The van der Waals surface area contributed by atoms with Crippen molar-refractivity contribution in [2.75, 3.05) is 6.61 Å². The number of ether oxygens (including phenoxy) is 1. The highest BCUT2D eigenvalue weighted by molar-refractivity contribution is 14.1. The van der Waals surface area contributed by atoms with Crippen LogP contribution in [0.15, 0.2) is 109 Å². The van der Waals surface area contributed by atoms with Gasteiger partial charge in [0.2, 0.25) is 9.04 Å². The summed E-state index contributed by atoms with van der Waals surface area (Å²) in [5.41, 5.74) is 2.87. The minimum absolute atomic E-state index is 0.0647. The summed E-state index contributed by atoms with van der Waals surface area (Å²) in [6.07, 6.45) is 4.08. The standard InChI is InChI=1S/C31H31IN2O2Si/c1-31(2,3)29(36-37(26-10-6-4-7-11-26)27-12-8-5-9-13-27)22-35-25-17-14-23(15-18-25)28-21-34-20-24(32)16-19-30(34)33-28/h4-21,29,37H,22H2,1-3H3. The first-order valence-corrected chi connectivity index (χ1v) is 15.2. The molecule has 0 saturated heterocycles. The Balaban J connectivity index is 1.32. The quantitative estimate of drug-likeness (QED) is 0.159. The molecule has 5 aromatic rings. The van der Waals surface area contributed by atoms with E-state index in [4.69, 9.17) is 14.1 Å². The van der Waals surface area contributed by atoms with E-state index in [2.05, 4.69) is 139 Å². The van der Waals surface area contributed by atoms with Crippen LogP contribution in [0, 0.1) is 8.99 Å². The summed E-state index contributed by atoms with van der Waals surface area (Å²) < 4.78 is 16.5. The zero-order valence-corrected chi connectivity index (χ0v) is 24.7. The molecule has 6 heteroatoms. The molecule has 0 fully saturated rings. The Hall–Kier alpha value is -2.94. The predicted molar refractivity (Wildman–Crippen MR) is 162 cm³/mol. The third-order valence-electron chi connectivity index (χ3n) is 6.44. The molecule has 0 aliphatic heterocycles. The van der Waals surface area contributed by atoms with Gasteiger partial charge in [0.1, 0.15) is 18.0 Å². The molecule has 4 nitrogen and oxygen atoms in total. The lowest BCUT2D eigenvalue weighted by Gasteiger charge is -2.34. The summed E-state index contributed by atoms with van der Waals surface area (Å²) in [6, 6.07) is 33.5. The van der Waals surface area contributed by atoms with Crippen LogP contribution in [0.5, 0.6) is 5.75 Å². The highest BCUT2D eigenvalue weighted by Crippen LogP contribution is 2.26. The Morgan fingerprint density at radius 3 is 2.03 bits per heavy atom. The van der Waals surface area contributed by atoms with Crippen molar-refractivity contribution in [1.82, 2.24) is 9.38 Å². The zero-order valence-electron chi connectivity index (χ0n) is 21.3. The zero-order chi connectivity index (χ0) is 25.8. The summed E-state index contributed by atoms with van der Waals surface area (Å²) >= 11 is 2.32. The first-order chi connectivity index (χ1) is 17.9. The van der Waals surface area contributed by atoms with E-state index in [9.17, 15) is 0 Å². The Morgan fingerprint density at radius 1 is 0.811 bits per heavy atom. The van der Waals surface area contributed by atoms with Gasteiger partial charge in [-0.15, -0.1) is 0 Å². The molecule has 2 aromatic heterocycles. The number of hydrogen-bond acceptors (Lipinski definition) is 3. The smallest absolute Gasteiger partial charge is 0.240 e. The van der Waals surface area contributed by atoms with Gasteiger partial charge in [0, 0.05) is 21.5 Å². The number of imidazole rings is 1. The van der Waals surface area contributed by atoms with E-state index in [1.54, 1.807) is 0 Å². The molecule has 0 N–H and O–H groups in total.